The Morgan fingerprint density at radius 1 is 0.935 bits per heavy atom. The second-order valence-electron chi connectivity index (χ2n) is 7.38. The fraction of sp³-hybridized carbons (Fsp3) is 0.261. The standard InChI is InChI=1S/C23H20N2O6/c26-19-7-4-11-24(19)20(27)14-31-23(30)16-8-9-17-18(13-16)22(29)25(21(17)28)12-10-15-5-2-1-3-6-15/h1-3,5-6,8-9,13H,4,7,10-12,14H2. The van der Waals surface area contributed by atoms with Gasteiger partial charge in [-0.1, -0.05) is 30.3 Å². The summed E-state index contributed by atoms with van der Waals surface area (Å²) in [6, 6.07) is 13.6. The number of likely N-dealkylation sites (tertiary alicyclic amines) is 1. The summed E-state index contributed by atoms with van der Waals surface area (Å²) < 4.78 is 5.01. The van der Waals surface area contributed by atoms with Crippen LogP contribution in [0, 0.1) is 0 Å². The lowest BCUT2D eigenvalue weighted by Gasteiger charge is -2.13. The minimum Gasteiger partial charge on any atom is -0.452 e. The highest BCUT2D eigenvalue weighted by Gasteiger charge is 2.36. The van der Waals surface area contributed by atoms with E-state index in [9.17, 15) is 24.0 Å². The molecule has 0 atom stereocenters. The molecule has 4 rings (SSSR count). The zero-order chi connectivity index (χ0) is 22.0. The zero-order valence-corrected chi connectivity index (χ0v) is 16.7. The van der Waals surface area contributed by atoms with Crippen LogP contribution >= 0.6 is 0 Å². The fourth-order valence-corrected chi connectivity index (χ4v) is 3.71. The molecule has 2 heterocycles. The Kier molecular flexibility index (Phi) is 5.62. The van der Waals surface area contributed by atoms with Crippen LogP contribution in [0.5, 0.6) is 0 Å². The summed E-state index contributed by atoms with van der Waals surface area (Å²) in [7, 11) is 0. The van der Waals surface area contributed by atoms with Crippen molar-refractivity contribution in [2.45, 2.75) is 19.3 Å². The van der Waals surface area contributed by atoms with Crippen LogP contribution in [0.2, 0.25) is 0 Å². The Labute approximate surface area is 178 Å². The fourth-order valence-electron chi connectivity index (χ4n) is 3.71. The second-order valence-corrected chi connectivity index (χ2v) is 7.38. The number of fused-ring (bicyclic) bond motifs is 1. The molecule has 4 amide bonds. The molecule has 8 nitrogen and oxygen atoms in total. The van der Waals surface area contributed by atoms with E-state index in [1.807, 2.05) is 30.3 Å². The van der Waals surface area contributed by atoms with Crippen molar-refractivity contribution >= 4 is 29.6 Å². The van der Waals surface area contributed by atoms with E-state index in [2.05, 4.69) is 0 Å². The number of hydrogen-bond acceptors (Lipinski definition) is 6. The largest absolute Gasteiger partial charge is 0.452 e. The number of rotatable bonds is 6. The van der Waals surface area contributed by atoms with E-state index in [4.69, 9.17) is 4.74 Å². The van der Waals surface area contributed by atoms with Gasteiger partial charge in [-0.2, -0.15) is 0 Å². The van der Waals surface area contributed by atoms with Crippen LogP contribution in [0.3, 0.4) is 0 Å². The Bertz CT molecular complexity index is 1080. The zero-order valence-electron chi connectivity index (χ0n) is 16.7. The van der Waals surface area contributed by atoms with Crippen LogP contribution in [0.4, 0.5) is 0 Å². The first-order valence-electron chi connectivity index (χ1n) is 10.00. The monoisotopic (exact) mass is 420 g/mol. The molecule has 158 valence electrons. The van der Waals surface area contributed by atoms with Crippen molar-refractivity contribution in [2.24, 2.45) is 0 Å². The van der Waals surface area contributed by atoms with Gasteiger partial charge in [0.25, 0.3) is 17.7 Å². The smallest absolute Gasteiger partial charge is 0.338 e. The van der Waals surface area contributed by atoms with Gasteiger partial charge in [-0.15, -0.1) is 0 Å². The molecule has 0 spiro atoms. The van der Waals surface area contributed by atoms with Crippen LogP contribution in [0.1, 0.15) is 49.5 Å². The summed E-state index contributed by atoms with van der Waals surface area (Å²) in [5, 5.41) is 0. The SMILES string of the molecule is O=C(OCC(=O)N1CCCC1=O)c1ccc2c(c1)C(=O)N(CCc1ccccc1)C2=O. The molecule has 0 radical (unpaired) electrons. The number of ether oxygens (including phenoxy) is 1. The summed E-state index contributed by atoms with van der Waals surface area (Å²) in [5.74, 6) is -2.53. The highest BCUT2D eigenvalue weighted by molar-refractivity contribution is 6.22. The van der Waals surface area contributed by atoms with E-state index >= 15 is 0 Å². The van der Waals surface area contributed by atoms with Crippen LogP contribution in [-0.4, -0.2) is 59.1 Å². The van der Waals surface area contributed by atoms with E-state index in [-0.39, 0.29) is 29.1 Å². The van der Waals surface area contributed by atoms with Gasteiger partial charge in [-0.3, -0.25) is 29.0 Å². The van der Waals surface area contributed by atoms with Gasteiger partial charge in [-0.05, 0) is 36.6 Å². The second kappa shape index (κ2) is 8.51. The molecule has 1 saturated heterocycles. The first-order chi connectivity index (χ1) is 15.0. The molecular formula is C23H20N2O6. The van der Waals surface area contributed by atoms with Crippen LogP contribution in [-0.2, 0) is 20.7 Å². The highest BCUT2D eigenvalue weighted by Crippen LogP contribution is 2.25. The average Bonchev–Trinajstić information content (AvgIpc) is 3.32. The van der Waals surface area contributed by atoms with Crippen LogP contribution < -0.4 is 0 Å². The molecule has 0 N–H and O–H groups in total. The molecule has 2 aliphatic heterocycles. The van der Waals surface area contributed by atoms with Gasteiger partial charge in [0.15, 0.2) is 6.61 Å². The summed E-state index contributed by atoms with van der Waals surface area (Å²) in [5.41, 5.74) is 1.43. The quantitative estimate of drug-likeness (QED) is 0.522. The first-order valence-corrected chi connectivity index (χ1v) is 10.00. The van der Waals surface area contributed by atoms with Gasteiger partial charge < -0.3 is 4.74 Å². The maximum atomic E-state index is 12.7. The Hall–Kier alpha value is -3.81. The molecule has 0 unspecified atom stereocenters. The van der Waals surface area contributed by atoms with Gasteiger partial charge >= 0.3 is 5.97 Å². The van der Waals surface area contributed by atoms with Crippen molar-refractivity contribution < 1.29 is 28.7 Å². The summed E-state index contributed by atoms with van der Waals surface area (Å²) in [6.07, 6.45) is 1.43. The maximum absolute atomic E-state index is 12.7. The Balaban J connectivity index is 1.41. The van der Waals surface area contributed by atoms with Crippen LogP contribution in [0.25, 0.3) is 0 Å². The third-order valence-corrected chi connectivity index (χ3v) is 5.37. The molecule has 2 aromatic carbocycles. The molecule has 2 aromatic rings. The van der Waals surface area contributed by atoms with E-state index in [0.717, 1.165) is 15.4 Å². The molecule has 31 heavy (non-hydrogen) atoms. The number of imide groups is 2. The lowest BCUT2D eigenvalue weighted by Crippen LogP contribution is -2.35. The number of hydrogen-bond donors (Lipinski definition) is 0. The van der Waals surface area contributed by atoms with Crippen LogP contribution in [0.15, 0.2) is 48.5 Å². The van der Waals surface area contributed by atoms with Crippen molar-refractivity contribution in [3.8, 4) is 0 Å². The number of carbonyl (C=O) groups excluding carboxylic acids is 5. The van der Waals surface area contributed by atoms with Gasteiger partial charge in [0.1, 0.15) is 0 Å². The minimum absolute atomic E-state index is 0.0605. The summed E-state index contributed by atoms with van der Waals surface area (Å²) in [4.78, 5) is 63.5. The Morgan fingerprint density at radius 2 is 1.68 bits per heavy atom. The minimum atomic E-state index is -0.800. The van der Waals surface area contributed by atoms with Crippen molar-refractivity contribution in [3.05, 3.63) is 70.8 Å². The van der Waals surface area contributed by atoms with Gasteiger partial charge in [0, 0.05) is 19.5 Å². The lowest BCUT2D eigenvalue weighted by atomic mass is 10.1. The van der Waals surface area contributed by atoms with Crippen molar-refractivity contribution in [2.75, 3.05) is 19.7 Å². The molecule has 8 heteroatoms. The predicted octanol–water partition coefficient (Wildman–Crippen LogP) is 1.83. The number of esters is 1. The first kappa shape index (κ1) is 20.5. The molecule has 2 aliphatic rings. The molecule has 1 fully saturated rings. The molecule has 0 aliphatic carbocycles. The topological polar surface area (TPSA) is 101 Å². The number of benzene rings is 2. The van der Waals surface area contributed by atoms with Gasteiger partial charge in [0.05, 0.1) is 16.7 Å². The van der Waals surface area contributed by atoms with Crippen molar-refractivity contribution in [1.82, 2.24) is 9.80 Å². The lowest BCUT2D eigenvalue weighted by molar-refractivity contribution is -0.143. The third-order valence-electron chi connectivity index (χ3n) is 5.37. The molecule has 0 aromatic heterocycles. The Morgan fingerprint density at radius 3 is 2.39 bits per heavy atom. The number of amides is 4. The third kappa shape index (κ3) is 4.09. The summed E-state index contributed by atoms with van der Waals surface area (Å²) in [6.45, 7) is -0.00423. The van der Waals surface area contributed by atoms with E-state index in [0.29, 0.717) is 25.8 Å². The number of carbonyl (C=O) groups is 5. The number of nitrogens with zero attached hydrogens (tertiary/aromatic N) is 2. The van der Waals surface area contributed by atoms with E-state index in [1.54, 1.807) is 0 Å². The van der Waals surface area contributed by atoms with Gasteiger partial charge in [-0.25, -0.2) is 4.79 Å². The average molecular weight is 420 g/mol. The maximum Gasteiger partial charge on any atom is 0.338 e. The predicted molar refractivity (Wildman–Crippen MR) is 108 cm³/mol. The molecule has 0 saturated carbocycles. The van der Waals surface area contributed by atoms with E-state index < -0.39 is 30.3 Å². The van der Waals surface area contributed by atoms with Crippen molar-refractivity contribution in [3.63, 3.8) is 0 Å². The normalized spacial score (nSPS) is 15.4. The van der Waals surface area contributed by atoms with E-state index in [1.165, 1.54) is 18.2 Å². The molecule has 0 bridgehead atoms. The summed E-state index contributed by atoms with van der Waals surface area (Å²) >= 11 is 0. The van der Waals surface area contributed by atoms with Crippen molar-refractivity contribution in [1.29, 1.82) is 0 Å². The molecular weight excluding hydrogens is 400 g/mol. The van der Waals surface area contributed by atoms with Gasteiger partial charge in [0.2, 0.25) is 5.91 Å². The highest BCUT2D eigenvalue weighted by atomic mass is 16.5.